The lowest BCUT2D eigenvalue weighted by atomic mass is 9.85. The molecule has 15 nitrogen and oxygen atoms in total. The molecular formula is C47H60FN7O8. The Labute approximate surface area is 368 Å². The molecule has 16 heteroatoms. The number of benzene rings is 3. The summed E-state index contributed by atoms with van der Waals surface area (Å²) in [5.74, 6) is -1.84. The molecule has 0 radical (unpaired) electrons. The summed E-state index contributed by atoms with van der Waals surface area (Å²) in [5, 5.41) is 11.2. The van der Waals surface area contributed by atoms with Crippen LogP contribution in [-0.2, 0) is 28.7 Å². The van der Waals surface area contributed by atoms with Crippen molar-refractivity contribution in [3.63, 3.8) is 0 Å². The summed E-state index contributed by atoms with van der Waals surface area (Å²) in [7, 11) is 2.47. The number of hydrogen-bond donors (Lipinski definition) is 4. The maximum Gasteiger partial charge on any atom is 0.407 e. The lowest BCUT2D eigenvalue weighted by molar-refractivity contribution is -0.140. The van der Waals surface area contributed by atoms with E-state index < -0.39 is 41.8 Å². The largest absolute Gasteiger partial charge is 0.453 e. The van der Waals surface area contributed by atoms with Gasteiger partial charge in [0.1, 0.15) is 30.0 Å². The van der Waals surface area contributed by atoms with E-state index in [1.807, 2.05) is 83.1 Å². The first-order valence-corrected chi connectivity index (χ1v) is 21.7. The van der Waals surface area contributed by atoms with Crippen LogP contribution in [0.1, 0.15) is 96.4 Å². The predicted molar refractivity (Wildman–Crippen MR) is 236 cm³/mol. The molecular weight excluding hydrogens is 810 g/mol. The monoisotopic (exact) mass is 869 g/mol. The van der Waals surface area contributed by atoms with Crippen molar-refractivity contribution in [2.45, 2.75) is 109 Å². The van der Waals surface area contributed by atoms with E-state index in [2.05, 4.69) is 26.2 Å². The third kappa shape index (κ3) is 10.7. The number of methoxy groups -OCH3 is 2. The molecule has 3 aliphatic heterocycles. The second-order valence-corrected chi connectivity index (χ2v) is 17.9. The minimum atomic E-state index is -0.884. The van der Waals surface area contributed by atoms with E-state index >= 15 is 0 Å². The number of carbonyl (C=O) groups excluding carboxylic acids is 6. The molecule has 6 rings (SSSR count). The van der Waals surface area contributed by atoms with Crippen molar-refractivity contribution in [1.29, 1.82) is 0 Å². The quantitative estimate of drug-likeness (QED) is 0.150. The van der Waals surface area contributed by atoms with Gasteiger partial charge in [0.15, 0.2) is 0 Å². The average Bonchev–Trinajstić information content (AvgIpc) is 4.06. The van der Waals surface area contributed by atoms with Gasteiger partial charge in [-0.2, -0.15) is 0 Å². The fraction of sp³-hybridized carbons (Fsp3) is 0.489. The molecule has 0 spiro atoms. The lowest BCUT2D eigenvalue weighted by Crippen LogP contribution is -2.57. The predicted octanol–water partition coefficient (Wildman–Crippen LogP) is 6.92. The average molecular weight is 870 g/mol. The first kappa shape index (κ1) is 46.3. The first-order valence-electron chi connectivity index (χ1n) is 21.7. The molecule has 0 aromatic heterocycles. The number of amides is 6. The van der Waals surface area contributed by atoms with E-state index in [0.717, 1.165) is 29.7 Å². The summed E-state index contributed by atoms with van der Waals surface area (Å²) in [6.07, 6.45) is 2.44. The van der Waals surface area contributed by atoms with Gasteiger partial charge in [-0.3, -0.25) is 19.2 Å². The standard InChI is InChI=1S/C47H60FN7O8/c1-28(2)39(51-45(60)62-6)43(58)53-26-8-10-37(53)41(56)49-32-18-12-29(13-19-32)35-24-25-36(55(35)34-22-16-31(48)17-23-34)30-14-20-33(21-15-30)50-42(57)38-11-9-27-54(38)44(59)40(47(3,4)5)52-46(61)63-7/h12-23,28,35-40H,8-11,24-27H2,1-7H3,(H,49,56)(H,50,57)(H,51,60)(H,52,61). The number of rotatable bonds is 12. The Hall–Kier alpha value is -6.19. The van der Waals surface area contributed by atoms with Gasteiger partial charge < -0.3 is 45.4 Å². The van der Waals surface area contributed by atoms with Crippen LogP contribution >= 0.6 is 0 Å². The zero-order chi connectivity index (χ0) is 45.6. The van der Waals surface area contributed by atoms with Gasteiger partial charge in [-0.15, -0.1) is 0 Å². The number of nitrogens with one attached hydrogen (secondary N) is 4. The molecule has 6 amide bonds. The highest BCUT2D eigenvalue weighted by atomic mass is 19.1. The first-order chi connectivity index (χ1) is 30.0. The van der Waals surface area contributed by atoms with Gasteiger partial charge in [-0.25, -0.2) is 14.0 Å². The van der Waals surface area contributed by atoms with E-state index in [-0.39, 0.29) is 47.4 Å². The summed E-state index contributed by atoms with van der Waals surface area (Å²) in [5.41, 5.74) is 3.37. The number of ether oxygens (including phenoxy) is 2. The van der Waals surface area contributed by atoms with Gasteiger partial charge in [0.25, 0.3) is 0 Å². The number of anilines is 3. The Balaban J connectivity index is 1.14. The number of hydrogen-bond acceptors (Lipinski definition) is 9. The van der Waals surface area contributed by atoms with E-state index in [1.165, 1.54) is 36.2 Å². The maximum atomic E-state index is 14.2. The maximum absolute atomic E-state index is 14.2. The molecule has 3 aliphatic rings. The molecule has 3 aromatic carbocycles. The molecule has 338 valence electrons. The third-order valence-corrected chi connectivity index (χ3v) is 12.3. The Morgan fingerprint density at radius 3 is 1.51 bits per heavy atom. The van der Waals surface area contributed by atoms with Crippen molar-refractivity contribution in [3.8, 4) is 0 Å². The molecule has 3 heterocycles. The third-order valence-electron chi connectivity index (χ3n) is 12.3. The van der Waals surface area contributed by atoms with E-state index in [9.17, 15) is 33.2 Å². The van der Waals surface area contributed by atoms with Crippen LogP contribution in [0.4, 0.5) is 31.0 Å². The number of likely N-dealkylation sites (tertiary alicyclic amines) is 2. The van der Waals surface area contributed by atoms with Crippen molar-refractivity contribution in [2.75, 3.05) is 42.8 Å². The van der Waals surface area contributed by atoms with Crippen LogP contribution in [0.3, 0.4) is 0 Å². The number of carbonyl (C=O) groups is 6. The summed E-state index contributed by atoms with van der Waals surface area (Å²) in [4.78, 5) is 83.9. The smallest absolute Gasteiger partial charge is 0.407 e. The Kier molecular flexibility index (Phi) is 14.6. The minimum Gasteiger partial charge on any atom is -0.453 e. The van der Waals surface area contributed by atoms with Gasteiger partial charge in [0.2, 0.25) is 23.6 Å². The summed E-state index contributed by atoms with van der Waals surface area (Å²) >= 11 is 0. The second-order valence-electron chi connectivity index (χ2n) is 17.9. The summed E-state index contributed by atoms with van der Waals surface area (Å²) < 4.78 is 23.7. The van der Waals surface area contributed by atoms with Gasteiger partial charge in [-0.1, -0.05) is 58.9 Å². The molecule has 0 aliphatic carbocycles. The molecule has 3 fully saturated rings. The van der Waals surface area contributed by atoms with Gasteiger partial charge in [0.05, 0.1) is 26.3 Å². The van der Waals surface area contributed by atoms with Gasteiger partial charge in [-0.05, 0) is 110 Å². The molecule has 0 saturated carbocycles. The zero-order valence-electron chi connectivity index (χ0n) is 37.1. The van der Waals surface area contributed by atoms with E-state index in [1.54, 1.807) is 12.1 Å². The highest BCUT2D eigenvalue weighted by molar-refractivity contribution is 5.99. The van der Waals surface area contributed by atoms with Gasteiger partial charge in [0, 0.05) is 30.2 Å². The Morgan fingerprint density at radius 2 is 1.08 bits per heavy atom. The summed E-state index contributed by atoms with van der Waals surface area (Å²) in [6.45, 7) is 9.97. The van der Waals surface area contributed by atoms with Crippen LogP contribution < -0.4 is 26.2 Å². The van der Waals surface area contributed by atoms with Crippen molar-refractivity contribution >= 4 is 52.9 Å². The molecule has 3 saturated heterocycles. The molecule has 6 atom stereocenters. The minimum absolute atomic E-state index is 0.0840. The van der Waals surface area contributed by atoms with Crippen molar-refractivity contribution in [1.82, 2.24) is 20.4 Å². The normalized spacial score (nSPS) is 20.8. The molecule has 63 heavy (non-hydrogen) atoms. The topological polar surface area (TPSA) is 179 Å². The highest BCUT2D eigenvalue weighted by Gasteiger charge is 2.43. The molecule has 3 aromatic rings. The van der Waals surface area contributed by atoms with Crippen molar-refractivity contribution < 1.29 is 42.6 Å². The van der Waals surface area contributed by atoms with Crippen LogP contribution in [0.25, 0.3) is 0 Å². The van der Waals surface area contributed by atoms with Crippen LogP contribution in [-0.4, -0.2) is 97.1 Å². The molecule has 6 unspecified atom stereocenters. The van der Waals surface area contributed by atoms with Crippen molar-refractivity contribution in [2.24, 2.45) is 11.3 Å². The van der Waals surface area contributed by atoms with Crippen molar-refractivity contribution in [3.05, 3.63) is 89.7 Å². The fourth-order valence-corrected chi connectivity index (χ4v) is 8.94. The number of halogens is 1. The number of nitrogens with zero attached hydrogens (tertiary/aromatic N) is 3. The van der Waals surface area contributed by atoms with Crippen LogP contribution in [0, 0.1) is 17.2 Å². The zero-order valence-corrected chi connectivity index (χ0v) is 37.1. The molecule has 0 bridgehead atoms. The van der Waals surface area contributed by atoms with Crippen LogP contribution in [0.2, 0.25) is 0 Å². The molecule has 4 N–H and O–H groups in total. The Bertz CT molecular complexity index is 2130. The SMILES string of the molecule is COC(=O)NC(C(=O)N1CCCC1C(=O)Nc1ccc(C2CCC(c3ccc(NC(=O)C4CCCN4C(=O)C(NC(=O)OC)C(C)(C)C)cc3)N2c2ccc(F)cc2)cc1)C(C)C. The summed E-state index contributed by atoms with van der Waals surface area (Å²) in [6, 6.07) is 18.4. The number of alkyl carbamates (subject to hydrolysis) is 2. The lowest BCUT2D eigenvalue weighted by Gasteiger charge is -2.35. The fourth-order valence-electron chi connectivity index (χ4n) is 8.94. The van der Waals surface area contributed by atoms with Crippen LogP contribution in [0.5, 0.6) is 0 Å². The van der Waals surface area contributed by atoms with Crippen LogP contribution in [0.15, 0.2) is 72.8 Å². The van der Waals surface area contributed by atoms with E-state index in [4.69, 9.17) is 9.47 Å². The van der Waals surface area contributed by atoms with Gasteiger partial charge >= 0.3 is 12.2 Å². The Morgan fingerprint density at radius 1 is 0.635 bits per heavy atom. The highest BCUT2D eigenvalue weighted by Crippen LogP contribution is 2.47. The van der Waals surface area contributed by atoms with E-state index in [0.29, 0.717) is 50.1 Å². The second kappa shape index (κ2) is 19.9.